The molecule has 1 N–H and O–H groups in total. The van der Waals surface area contributed by atoms with Gasteiger partial charge in [-0.1, -0.05) is 32.0 Å². The molecule has 4 aromatic rings. The number of fused-ring (bicyclic) bond motifs is 1. The number of carbonyl (C=O) groups is 1. The Morgan fingerprint density at radius 3 is 2.35 bits per heavy atom. The molecule has 6 heteroatoms. The van der Waals surface area contributed by atoms with Gasteiger partial charge in [0.25, 0.3) is 0 Å². The van der Waals surface area contributed by atoms with Crippen molar-refractivity contribution in [1.82, 2.24) is 0 Å². The van der Waals surface area contributed by atoms with Gasteiger partial charge in [-0.15, -0.1) is 0 Å². The van der Waals surface area contributed by atoms with Crippen molar-refractivity contribution < 1.29 is 23.4 Å². The summed E-state index contributed by atoms with van der Waals surface area (Å²) in [5.41, 5.74) is 6.11. The Labute approximate surface area is 217 Å². The molecule has 0 radical (unpaired) electrons. The van der Waals surface area contributed by atoms with E-state index in [0.717, 1.165) is 33.3 Å². The Morgan fingerprint density at radius 1 is 0.973 bits per heavy atom. The molecule has 1 aromatic heterocycles. The van der Waals surface area contributed by atoms with Crippen molar-refractivity contribution in [2.75, 3.05) is 26.1 Å². The maximum atomic E-state index is 12.8. The van der Waals surface area contributed by atoms with Crippen molar-refractivity contribution >= 4 is 28.1 Å². The van der Waals surface area contributed by atoms with Crippen LogP contribution in [0.1, 0.15) is 44.7 Å². The van der Waals surface area contributed by atoms with Crippen molar-refractivity contribution in [2.45, 2.75) is 33.6 Å². The monoisotopic (exact) mass is 499 g/mol. The molecule has 0 saturated heterocycles. The average Bonchev–Trinajstić information content (AvgIpc) is 3.31. The summed E-state index contributed by atoms with van der Waals surface area (Å²) in [6.45, 7) is 8.61. The van der Waals surface area contributed by atoms with Gasteiger partial charge in [-0.2, -0.15) is 0 Å². The maximum Gasteiger partial charge on any atom is 0.248 e. The molecule has 0 bridgehead atoms. The smallest absolute Gasteiger partial charge is 0.248 e. The van der Waals surface area contributed by atoms with Crippen LogP contribution < -0.4 is 19.5 Å². The lowest BCUT2D eigenvalue weighted by Gasteiger charge is -2.12. The van der Waals surface area contributed by atoms with E-state index in [0.29, 0.717) is 35.4 Å². The summed E-state index contributed by atoms with van der Waals surface area (Å²) < 4.78 is 22.7. The Balaban J connectivity index is 1.69. The van der Waals surface area contributed by atoms with Crippen LogP contribution in [-0.4, -0.2) is 26.7 Å². The van der Waals surface area contributed by atoms with Gasteiger partial charge in [0.15, 0.2) is 11.5 Å². The zero-order valence-electron chi connectivity index (χ0n) is 22.2. The first-order valence-corrected chi connectivity index (χ1v) is 12.3. The fraction of sp³-hybridized carbons (Fsp3) is 0.258. The summed E-state index contributed by atoms with van der Waals surface area (Å²) in [7, 11) is 3.22. The third kappa shape index (κ3) is 5.64. The summed E-state index contributed by atoms with van der Waals surface area (Å²) in [4.78, 5) is 12.8. The SMILES string of the molecule is CCOc1cc2occ(-c3ccc(OC)c(OC)c3)c2cc1/C(C)=C/C(=O)Nc1ccc(C(C)C)cc1. The second kappa shape index (κ2) is 11.2. The molecule has 0 aliphatic heterocycles. The number of anilines is 1. The van der Waals surface area contributed by atoms with Crippen LogP contribution in [0.2, 0.25) is 0 Å². The minimum absolute atomic E-state index is 0.204. The number of allylic oxidation sites excluding steroid dienone is 1. The molecule has 192 valence electrons. The molecule has 0 unspecified atom stereocenters. The van der Waals surface area contributed by atoms with Crippen molar-refractivity contribution in [3.8, 4) is 28.4 Å². The summed E-state index contributed by atoms with van der Waals surface area (Å²) in [6, 6.07) is 17.5. The minimum Gasteiger partial charge on any atom is -0.493 e. The van der Waals surface area contributed by atoms with E-state index < -0.39 is 0 Å². The summed E-state index contributed by atoms with van der Waals surface area (Å²) in [6.07, 6.45) is 3.31. The van der Waals surface area contributed by atoms with Crippen molar-refractivity contribution in [3.05, 3.63) is 78.1 Å². The number of hydrogen-bond donors (Lipinski definition) is 1. The lowest BCUT2D eigenvalue weighted by Crippen LogP contribution is -2.09. The molecule has 6 nitrogen and oxygen atoms in total. The molecule has 1 heterocycles. The van der Waals surface area contributed by atoms with E-state index in [9.17, 15) is 4.79 Å². The number of benzene rings is 3. The quantitative estimate of drug-likeness (QED) is 0.239. The van der Waals surface area contributed by atoms with Crippen LogP contribution in [-0.2, 0) is 4.79 Å². The van der Waals surface area contributed by atoms with Gasteiger partial charge in [0, 0.05) is 34.3 Å². The van der Waals surface area contributed by atoms with E-state index >= 15 is 0 Å². The van der Waals surface area contributed by atoms with Gasteiger partial charge in [0.2, 0.25) is 5.91 Å². The highest BCUT2D eigenvalue weighted by atomic mass is 16.5. The van der Waals surface area contributed by atoms with Gasteiger partial charge in [-0.05, 0) is 66.8 Å². The Kier molecular flexibility index (Phi) is 7.87. The van der Waals surface area contributed by atoms with Crippen LogP contribution in [0.3, 0.4) is 0 Å². The number of carbonyl (C=O) groups excluding carboxylic acids is 1. The topological polar surface area (TPSA) is 69.9 Å². The zero-order chi connectivity index (χ0) is 26.5. The average molecular weight is 500 g/mol. The number of amides is 1. The zero-order valence-corrected chi connectivity index (χ0v) is 22.2. The molecule has 3 aromatic carbocycles. The van der Waals surface area contributed by atoms with E-state index in [1.807, 2.05) is 68.4 Å². The van der Waals surface area contributed by atoms with E-state index in [-0.39, 0.29) is 5.91 Å². The van der Waals surface area contributed by atoms with Gasteiger partial charge in [0.05, 0.1) is 27.1 Å². The number of rotatable bonds is 9. The first kappa shape index (κ1) is 25.9. The van der Waals surface area contributed by atoms with E-state index in [2.05, 4.69) is 19.2 Å². The van der Waals surface area contributed by atoms with Gasteiger partial charge < -0.3 is 23.9 Å². The van der Waals surface area contributed by atoms with Gasteiger partial charge in [-0.25, -0.2) is 0 Å². The molecule has 0 spiro atoms. The Bertz CT molecular complexity index is 1430. The molecule has 37 heavy (non-hydrogen) atoms. The standard InChI is InChI=1S/C31H33NO5/c1-7-36-28-17-29-25(26(18-37-29)22-10-13-27(34-5)30(15-22)35-6)16-24(28)20(4)14-31(33)32-23-11-8-21(9-12-23)19(2)3/h8-19H,7H2,1-6H3,(H,32,33)/b20-14+. The molecule has 1 amide bonds. The highest BCUT2D eigenvalue weighted by Crippen LogP contribution is 2.40. The molecule has 0 fully saturated rings. The van der Waals surface area contributed by atoms with Crippen LogP contribution in [0, 0.1) is 0 Å². The third-order valence-corrected chi connectivity index (χ3v) is 6.29. The van der Waals surface area contributed by atoms with Crippen LogP contribution in [0.15, 0.2) is 71.4 Å². The molecule has 4 rings (SSSR count). The Hall–Kier alpha value is -4.19. The minimum atomic E-state index is -0.204. The summed E-state index contributed by atoms with van der Waals surface area (Å²) in [5.74, 6) is 2.18. The number of furan rings is 1. The maximum absolute atomic E-state index is 12.8. The molecule has 0 aliphatic carbocycles. The molecular weight excluding hydrogens is 466 g/mol. The van der Waals surface area contributed by atoms with Crippen LogP contribution >= 0.6 is 0 Å². The molecule has 0 aliphatic rings. The fourth-order valence-electron chi connectivity index (χ4n) is 4.27. The number of nitrogens with one attached hydrogen (secondary N) is 1. The predicted molar refractivity (Wildman–Crippen MR) is 149 cm³/mol. The van der Waals surface area contributed by atoms with E-state index in [1.54, 1.807) is 26.6 Å². The second-order valence-corrected chi connectivity index (χ2v) is 9.09. The highest BCUT2D eigenvalue weighted by Gasteiger charge is 2.17. The lowest BCUT2D eigenvalue weighted by molar-refractivity contribution is -0.111. The van der Waals surface area contributed by atoms with E-state index in [4.69, 9.17) is 18.6 Å². The number of methoxy groups -OCH3 is 2. The van der Waals surface area contributed by atoms with Crippen molar-refractivity contribution in [2.24, 2.45) is 0 Å². The van der Waals surface area contributed by atoms with Gasteiger partial charge in [-0.3, -0.25) is 4.79 Å². The van der Waals surface area contributed by atoms with Crippen molar-refractivity contribution in [3.63, 3.8) is 0 Å². The lowest BCUT2D eigenvalue weighted by atomic mass is 9.99. The third-order valence-electron chi connectivity index (χ3n) is 6.29. The second-order valence-electron chi connectivity index (χ2n) is 9.09. The number of ether oxygens (including phenoxy) is 3. The summed E-state index contributed by atoms with van der Waals surface area (Å²) in [5, 5.41) is 3.86. The highest BCUT2D eigenvalue weighted by molar-refractivity contribution is 6.05. The van der Waals surface area contributed by atoms with Gasteiger partial charge in [0.1, 0.15) is 11.3 Å². The molecular formula is C31H33NO5. The number of hydrogen-bond acceptors (Lipinski definition) is 5. The van der Waals surface area contributed by atoms with Crippen molar-refractivity contribution in [1.29, 1.82) is 0 Å². The van der Waals surface area contributed by atoms with Crippen LogP contribution in [0.5, 0.6) is 17.2 Å². The molecule has 0 atom stereocenters. The van der Waals surface area contributed by atoms with Gasteiger partial charge >= 0.3 is 0 Å². The first-order chi connectivity index (χ1) is 17.8. The normalized spacial score (nSPS) is 11.6. The van der Waals surface area contributed by atoms with E-state index in [1.165, 1.54) is 5.56 Å². The predicted octanol–water partition coefficient (Wildman–Crippen LogP) is 7.68. The Morgan fingerprint density at radius 2 is 1.70 bits per heavy atom. The summed E-state index contributed by atoms with van der Waals surface area (Å²) >= 11 is 0. The largest absolute Gasteiger partial charge is 0.493 e. The fourth-order valence-corrected chi connectivity index (χ4v) is 4.27. The van der Waals surface area contributed by atoms with Crippen LogP contribution in [0.25, 0.3) is 27.7 Å². The first-order valence-electron chi connectivity index (χ1n) is 12.3. The molecule has 0 saturated carbocycles. The van der Waals surface area contributed by atoms with Crippen LogP contribution in [0.4, 0.5) is 5.69 Å².